The van der Waals surface area contributed by atoms with E-state index in [0.29, 0.717) is 33.0 Å². The molecule has 0 bridgehead atoms. The molecule has 174 valence electrons. The lowest BCUT2D eigenvalue weighted by Gasteiger charge is -2.22. The predicted octanol–water partition coefficient (Wildman–Crippen LogP) is 6.80. The molecule has 0 aromatic rings. The van der Waals surface area contributed by atoms with Crippen LogP contribution in [0.15, 0.2) is 0 Å². The van der Waals surface area contributed by atoms with E-state index in [1.807, 2.05) is 6.92 Å². The number of carbonyl (C=O) groups excluding carboxylic acids is 1. The molecule has 1 aliphatic rings. The highest BCUT2D eigenvalue weighted by Crippen LogP contribution is 2.29. The van der Waals surface area contributed by atoms with E-state index in [0.717, 1.165) is 17.8 Å². The van der Waals surface area contributed by atoms with Crippen molar-refractivity contribution in [2.24, 2.45) is 17.8 Å². The van der Waals surface area contributed by atoms with Crippen LogP contribution in [0.5, 0.6) is 0 Å². The monoisotopic (exact) mass is 414 g/mol. The minimum atomic E-state index is -0.275. The zero-order valence-corrected chi connectivity index (χ0v) is 20.2. The molecule has 29 heavy (non-hydrogen) atoms. The van der Waals surface area contributed by atoms with E-state index in [9.17, 15) is 4.79 Å². The number of hydrogen-bond donors (Lipinski definition) is 0. The molecule has 0 heterocycles. The summed E-state index contributed by atoms with van der Waals surface area (Å²) in [6.07, 6.45) is 16.4. The molecule has 0 spiro atoms. The van der Waals surface area contributed by atoms with Gasteiger partial charge in [-0.1, -0.05) is 91.4 Å². The van der Waals surface area contributed by atoms with E-state index in [1.165, 1.54) is 77.6 Å². The minimum Gasteiger partial charge on any atom is -0.463 e. The highest BCUT2D eigenvalue weighted by atomic mass is 16.6. The first-order valence-electron chi connectivity index (χ1n) is 12.2. The second-order valence-corrected chi connectivity index (χ2v) is 9.01. The fraction of sp³-hybridized carbons (Fsp3) is 0.960. The van der Waals surface area contributed by atoms with E-state index >= 15 is 0 Å². The van der Waals surface area contributed by atoms with Crippen molar-refractivity contribution < 1.29 is 19.0 Å². The maximum absolute atomic E-state index is 10.3. The van der Waals surface area contributed by atoms with Gasteiger partial charge in [0, 0.05) is 13.5 Å². The fourth-order valence-corrected chi connectivity index (χ4v) is 3.86. The number of carbonyl (C=O) groups is 1. The van der Waals surface area contributed by atoms with Gasteiger partial charge in [-0.05, 0) is 24.7 Å². The minimum absolute atomic E-state index is 0.275. The first kappa shape index (κ1) is 28.4. The lowest BCUT2D eigenvalue weighted by molar-refractivity contribution is -0.142. The average molecular weight is 415 g/mol. The third-order valence-corrected chi connectivity index (χ3v) is 5.62. The van der Waals surface area contributed by atoms with Crippen LogP contribution in [0, 0.1) is 17.8 Å². The number of ether oxygens (including phenoxy) is 3. The molecule has 1 unspecified atom stereocenters. The van der Waals surface area contributed by atoms with Crippen LogP contribution in [0.25, 0.3) is 0 Å². The van der Waals surface area contributed by atoms with Crippen molar-refractivity contribution in [2.75, 3.05) is 33.0 Å². The van der Waals surface area contributed by atoms with Crippen LogP contribution in [0.4, 0.5) is 0 Å². The SMILES string of the molecule is CC(C)CCCC(C)CCCC1CCCCC1.CCOCCOCCOC(C)=O. The maximum Gasteiger partial charge on any atom is 0.302 e. The molecule has 1 aliphatic carbocycles. The van der Waals surface area contributed by atoms with Crippen molar-refractivity contribution in [3.8, 4) is 0 Å². The largest absolute Gasteiger partial charge is 0.463 e. The van der Waals surface area contributed by atoms with Gasteiger partial charge >= 0.3 is 5.97 Å². The first-order valence-corrected chi connectivity index (χ1v) is 12.2. The summed E-state index contributed by atoms with van der Waals surface area (Å²) in [6, 6.07) is 0. The molecule has 4 heteroatoms. The zero-order valence-electron chi connectivity index (χ0n) is 20.2. The molecule has 0 aromatic carbocycles. The van der Waals surface area contributed by atoms with E-state index in [1.54, 1.807) is 0 Å². The number of hydrogen-bond acceptors (Lipinski definition) is 4. The summed E-state index contributed by atoms with van der Waals surface area (Å²) in [5.41, 5.74) is 0. The quantitative estimate of drug-likeness (QED) is 0.218. The maximum atomic E-state index is 10.3. The highest BCUT2D eigenvalue weighted by molar-refractivity contribution is 5.65. The van der Waals surface area contributed by atoms with Crippen molar-refractivity contribution >= 4 is 5.97 Å². The zero-order chi connectivity index (χ0) is 21.7. The Morgan fingerprint density at radius 3 is 2.10 bits per heavy atom. The van der Waals surface area contributed by atoms with E-state index in [2.05, 4.69) is 25.5 Å². The van der Waals surface area contributed by atoms with Crippen LogP contribution in [-0.2, 0) is 19.0 Å². The molecule has 0 saturated heterocycles. The fourth-order valence-electron chi connectivity index (χ4n) is 3.86. The van der Waals surface area contributed by atoms with Crippen molar-refractivity contribution in [3.05, 3.63) is 0 Å². The third kappa shape index (κ3) is 21.9. The van der Waals surface area contributed by atoms with Gasteiger partial charge in [-0.15, -0.1) is 0 Å². The Kier molecular flexibility index (Phi) is 20.2. The summed E-state index contributed by atoms with van der Waals surface area (Å²) >= 11 is 0. The summed E-state index contributed by atoms with van der Waals surface area (Å²) in [5, 5.41) is 0. The summed E-state index contributed by atoms with van der Waals surface area (Å²) in [5.74, 6) is 2.68. The molecule has 1 saturated carbocycles. The molecule has 1 atom stereocenters. The Hall–Kier alpha value is -0.610. The Morgan fingerprint density at radius 1 is 0.862 bits per heavy atom. The van der Waals surface area contributed by atoms with E-state index in [-0.39, 0.29) is 5.97 Å². The average Bonchev–Trinajstić information content (AvgIpc) is 2.68. The van der Waals surface area contributed by atoms with Crippen LogP contribution in [-0.4, -0.2) is 39.0 Å². The second kappa shape index (κ2) is 20.7. The third-order valence-electron chi connectivity index (χ3n) is 5.62. The molecule has 0 amide bonds. The van der Waals surface area contributed by atoms with Crippen LogP contribution in [0.2, 0.25) is 0 Å². The normalized spacial score (nSPS) is 15.7. The van der Waals surface area contributed by atoms with Gasteiger partial charge in [0.05, 0.1) is 19.8 Å². The summed E-state index contributed by atoms with van der Waals surface area (Å²) in [4.78, 5) is 10.3. The predicted molar refractivity (Wildman–Crippen MR) is 122 cm³/mol. The Morgan fingerprint density at radius 2 is 1.48 bits per heavy atom. The molecule has 0 aromatic heterocycles. The molecule has 1 fully saturated rings. The lowest BCUT2D eigenvalue weighted by atomic mass is 9.84. The van der Waals surface area contributed by atoms with Gasteiger partial charge in [0.25, 0.3) is 0 Å². The van der Waals surface area contributed by atoms with E-state index in [4.69, 9.17) is 9.47 Å². The Bertz CT molecular complexity index is 351. The van der Waals surface area contributed by atoms with Gasteiger partial charge in [-0.2, -0.15) is 0 Å². The molecule has 0 radical (unpaired) electrons. The Balaban J connectivity index is 0.000000578. The van der Waals surface area contributed by atoms with Gasteiger partial charge in [-0.25, -0.2) is 0 Å². The molecule has 4 nitrogen and oxygen atoms in total. The molecule has 0 aliphatic heterocycles. The standard InChI is InChI=1S/C17H34.C8H16O4/c1-15(2)9-7-10-16(3)11-8-14-17-12-5-4-6-13-17;1-3-10-4-5-11-6-7-12-8(2)9/h15-17H,4-14H2,1-3H3;3-7H2,1-2H3. The molecular weight excluding hydrogens is 364 g/mol. The van der Waals surface area contributed by atoms with Crippen LogP contribution in [0.1, 0.15) is 105 Å². The summed E-state index contributed by atoms with van der Waals surface area (Å²) in [7, 11) is 0. The molecular formula is C25H50O4. The summed E-state index contributed by atoms with van der Waals surface area (Å²) in [6.45, 7) is 13.1. The number of rotatable bonds is 15. The topological polar surface area (TPSA) is 44.8 Å². The van der Waals surface area contributed by atoms with Crippen molar-refractivity contribution in [1.29, 1.82) is 0 Å². The van der Waals surface area contributed by atoms with Gasteiger partial charge in [0.2, 0.25) is 0 Å². The Labute approximate surface area is 181 Å². The highest BCUT2D eigenvalue weighted by Gasteiger charge is 2.13. The van der Waals surface area contributed by atoms with Crippen molar-refractivity contribution in [2.45, 2.75) is 105 Å². The smallest absolute Gasteiger partial charge is 0.302 e. The van der Waals surface area contributed by atoms with Crippen molar-refractivity contribution in [3.63, 3.8) is 0 Å². The van der Waals surface area contributed by atoms with Crippen LogP contribution < -0.4 is 0 Å². The lowest BCUT2D eigenvalue weighted by Crippen LogP contribution is -2.10. The molecule has 1 rings (SSSR count). The number of esters is 1. The van der Waals surface area contributed by atoms with Crippen molar-refractivity contribution in [1.82, 2.24) is 0 Å². The van der Waals surface area contributed by atoms with Gasteiger partial charge in [0.15, 0.2) is 0 Å². The van der Waals surface area contributed by atoms with Gasteiger partial charge < -0.3 is 14.2 Å². The van der Waals surface area contributed by atoms with Crippen LogP contribution in [0.3, 0.4) is 0 Å². The van der Waals surface area contributed by atoms with Crippen LogP contribution >= 0.6 is 0 Å². The van der Waals surface area contributed by atoms with E-state index < -0.39 is 0 Å². The first-order chi connectivity index (χ1) is 14.0. The van der Waals surface area contributed by atoms with Gasteiger partial charge in [-0.3, -0.25) is 4.79 Å². The molecule has 0 N–H and O–H groups in total. The van der Waals surface area contributed by atoms with Gasteiger partial charge in [0.1, 0.15) is 6.61 Å². The second-order valence-electron chi connectivity index (χ2n) is 9.01. The summed E-state index contributed by atoms with van der Waals surface area (Å²) < 4.78 is 14.8.